The van der Waals surface area contributed by atoms with Crippen LogP contribution >= 0.6 is 0 Å². The van der Waals surface area contributed by atoms with Crippen LogP contribution in [0.25, 0.3) is 0 Å². The van der Waals surface area contributed by atoms with Crippen LogP contribution in [0.2, 0.25) is 0 Å². The maximum Gasteiger partial charge on any atom is 0.215 e. The van der Waals surface area contributed by atoms with E-state index >= 15 is 0 Å². The zero-order valence-electron chi connectivity index (χ0n) is 9.44. The third kappa shape index (κ3) is 2.43. The van der Waals surface area contributed by atoms with Crippen LogP contribution in [0.5, 0.6) is 0 Å². The van der Waals surface area contributed by atoms with Crippen LogP contribution < -0.4 is 5.73 Å². The average Bonchev–Trinajstić information content (AvgIpc) is 2.80. The van der Waals surface area contributed by atoms with Gasteiger partial charge < -0.3 is 10.3 Å². The normalized spacial score (nSPS) is 10.6. The van der Waals surface area contributed by atoms with Crippen LogP contribution in [-0.2, 0) is 6.54 Å². The number of imidazole rings is 1. The molecule has 0 unspecified atom stereocenters. The molecule has 0 aliphatic rings. The molecule has 2 aromatic rings. The van der Waals surface area contributed by atoms with Crippen LogP contribution in [0.1, 0.15) is 16.1 Å². The second kappa shape index (κ2) is 5.05. The molecule has 4 nitrogen and oxygen atoms in total. The number of rotatable bonds is 4. The summed E-state index contributed by atoms with van der Waals surface area (Å²) in [5, 5.41) is 0. The van der Waals surface area contributed by atoms with Gasteiger partial charge in [-0.05, 0) is 18.2 Å². The van der Waals surface area contributed by atoms with E-state index in [0.29, 0.717) is 13.1 Å². The van der Waals surface area contributed by atoms with Gasteiger partial charge in [0.15, 0.2) is 0 Å². The topological polar surface area (TPSA) is 60.9 Å². The van der Waals surface area contributed by atoms with E-state index in [1.807, 2.05) is 0 Å². The van der Waals surface area contributed by atoms with Crippen molar-refractivity contribution in [3.05, 3.63) is 53.6 Å². The number of hydrogen-bond acceptors (Lipinski definition) is 3. The van der Waals surface area contributed by atoms with Crippen molar-refractivity contribution < 1.29 is 13.6 Å². The lowest BCUT2D eigenvalue weighted by Crippen LogP contribution is -2.08. The molecule has 0 spiro atoms. The van der Waals surface area contributed by atoms with Crippen molar-refractivity contribution in [1.29, 1.82) is 0 Å². The second-order valence-electron chi connectivity index (χ2n) is 3.74. The Labute approximate surface area is 102 Å². The predicted octanol–water partition coefficient (Wildman–Crippen LogP) is 1.35. The summed E-state index contributed by atoms with van der Waals surface area (Å²) < 4.78 is 28.0. The Bertz CT molecular complexity index is 580. The third-order valence-corrected chi connectivity index (χ3v) is 2.43. The summed E-state index contributed by atoms with van der Waals surface area (Å²) in [6, 6.07) is 2.73. The minimum absolute atomic E-state index is 0.0629. The van der Waals surface area contributed by atoms with E-state index in [2.05, 4.69) is 4.98 Å². The first-order valence-electron chi connectivity index (χ1n) is 5.33. The van der Waals surface area contributed by atoms with Crippen molar-refractivity contribution in [2.45, 2.75) is 6.54 Å². The summed E-state index contributed by atoms with van der Waals surface area (Å²) in [7, 11) is 0. The molecule has 0 amide bonds. The Kier molecular flexibility index (Phi) is 3.47. The Morgan fingerprint density at radius 3 is 2.89 bits per heavy atom. The molecule has 2 rings (SSSR count). The maximum absolute atomic E-state index is 13.4. The Balaban J connectivity index is 2.32. The summed E-state index contributed by atoms with van der Waals surface area (Å²) in [6.45, 7) is 0.907. The molecule has 6 heteroatoms. The predicted molar refractivity (Wildman–Crippen MR) is 61.1 cm³/mol. The summed E-state index contributed by atoms with van der Waals surface area (Å²) in [5.74, 6) is -2.08. The Morgan fingerprint density at radius 1 is 1.39 bits per heavy atom. The molecule has 0 aliphatic carbocycles. The first-order chi connectivity index (χ1) is 8.61. The molecule has 1 aromatic carbocycles. The molecule has 1 aromatic heterocycles. The standard InChI is InChI=1S/C12H11F2N3O/c13-8-1-2-10(14)9(5-8)12(18)11-6-17(4-3-15)7-16-11/h1-2,5-7H,3-4,15H2. The minimum Gasteiger partial charge on any atom is -0.335 e. The lowest BCUT2D eigenvalue weighted by molar-refractivity contribution is 0.103. The molecule has 0 bridgehead atoms. The van der Waals surface area contributed by atoms with Gasteiger partial charge in [0, 0.05) is 19.3 Å². The lowest BCUT2D eigenvalue weighted by atomic mass is 10.1. The van der Waals surface area contributed by atoms with Gasteiger partial charge in [0.25, 0.3) is 0 Å². The first kappa shape index (κ1) is 12.4. The smallest absolute Gasteiger partial charge is 0.215 e. The second-order valence-corrected chi connectivity index (χ2v) is 3.74. The van der Waals surface area contributed by atoms with Crippen LogP contribution in [0.3, 0.4) is 0 Å². The number of ketones is 1. The van der Waals surface area contributed by atoms with Gasteiger partial charge in [0.05, 0.1) is 11.9 Å². The number of benzene rings is 1. The molecule has 0 saturated heterocycles. The fraction of sp³-hybridized carbons (Fsp3) is 0.167. The van der Waals surface area contributed by atoms with E-state index in [4.69, 9.17) is 5.73 Å². The number of nitrogens with zero attached hydrogens (tertiary/aromatic N) is 2. The van der Waals surface area contributed by atoms with Gasteiger partial charge in [0.2, 0.25) is 5.78 Å². The zero-order chi connectivity index (χ0) is 13.1. The van der Waals surface area contributed by atoms with Gasteiger partial charge >= 0.3 is 0 Å². The van der Waals surface area contributed by atoms with Crippen LogP contribution in [0.4, 0.5) is 8.78 Å². The number of halogens is 2. The monoisotopic (exact) mass is 251 g/mol. The van der Waals surface area contributed by atoms with Crippen LogP contribution in [0.15, 0.2) is 30.7 Å². The summed E-state index contributed by atoms with van der Waals surface area (Å²) in [5.41, 5.74) is 5.09. The van der Waals surface area contributed by atoms with Crippen LogP contribution in [-0.4, -0.2) is 21.9 Å². The SMILES string of the molecule is NCCn1cnc(C(=O)c2cc(F)ccc2F)c1. The third-order valence-electron chi connectivity index (χ3n) is 2.43. The minimum atomic E-state index is -0.769. The van der Waals surface area contributed by atoms with Crippen molar-refractivity contribution in [3.63, 3.8) is 0 Å². The van der Waals surface area contributed by atoms with E-state index in [9.17, 15) is 13.6 Å². The Morgan fingerprint density at radius 2 is 2.17 bits per heavy atom. The highest BCUT2D eigenvalue weighted by molar-refractivity contribution is 6.07. The molecule has 0 atom stereocenters. The van der Waals surface area contributed by atoms with E-state index < -0.39 is 17.4 Å². The maximum atomic E-state index is 13.4. The van der Waals surface area contributed by atoms with Gasteiger partial charge in [-0.25, -0.2) is 13.8 Å². The number of carbonyl (C=O) groups excluding carboxylic acids is 1. The van der Waals surface area contributed by atoms with E-state index in [1.165, 1.54) is 12.5 Å². The highest BCUT2D eigenvalue weighted by Gasteiger charge is 2.17. The molecular formula is C12H11F2N3O. The fourth-order valence-electron chi connectivity index (χ4n) is 1.56. The highest BCUT2D eigenvalue weighted by atomic mass is 19.1. The van der Waals surface area contributed by atoms with Crippen molar-refractivity contribution in [1.82, 2.24) is 9.55 Å². The van der Waals surface area contributed by atoms with E-state index in [1.54, 1.807) is 4.57 Å². The molecule has 2 N–H and O–H groups in total. The quantitative estimate of drug-likeness (QED) is 0.834. The molecule has 18 heavy (non-hydrogen) atoms. The largest absolute Gasteiger partial charge is 0.335 e. The van der Waals surface area contributed by atoms with Crippen molar-refractivity contribution >= 4 is 5.78 Å². The van der Waals surface area contributed by atoms with Crippen LogP contribution in [0, 0.1) is 11.6 Å². The van der Waals surface area contributed by atoms with Crippen molar-refractivity contribution in [2.24, 2.45) is 5.73 Å². The number of nitrogens with two attached hydrogens (primary N) is 1. The molecule has 0 aliphatic heterocycles. The summed E-state index contributed by atoms with van der Waals surface area (Å²) >= 11 is 0. The number of hydrogen-bond donors (Lipinski definition) is 1. The van der Waals surface area contributed by atoms with E-state index in [0.717, 1.165) is 18.2 Å². The van der Waals surface area contributed by atoms with E-state index in [-0.39, 0.29) is 11.3 Å². The van der Waals surface area contributed by atoms with Gasteiger partial charge in [-0.15, -0.1) is 0 Å². The van der Waals surface area contributed by atoms with Crippen molar-refractivity contribution in [2.75, 3.05) is 6.54 Å². The molecule has 0 radical (unpaired) electrons. The van der Waals surface area contributed by atoms with Gasteiger partial charge in [-0.1, -0.05) is 0 Å². The Hall–Kier alpha value is -2.08. The zero-order valence-corrected chi connectivity index (χ0v) is 9.44. The number of carbonyl (C=O) groups is 1. The van der Waals surface area contributed by atoms with Crippen molar-refractivity contribution in [3.8, 4) is 0 Å². The van der Waals surface area contributed by atoms with Gasteiger partial charge in [-0.2, -0.15) is 0 Å². The van der Waals surface area contributed by atoms with Gasteiger partial charge in [-0.3, -0.25) is 4.79 Å². The summed E-state index contributed by atoms with van der Waals surface area (Å²) in [6.07, 6.45) is 2.89. The average molecular weight is 251 g/mol. The lowest BCUT2D eigenvalue weighted by Gasteiger charge is -2.00. The molecular weight excluding hydrogens is 240 g/mol. The van der Waals surface area contributed by atoms with Gasteiger partial charge in [0.1, 0.15) is 17.3 Å². The fourth-order valence-corrected chi connectivity index (χ4v) is 1.56. The highest BCUT2D eigenvalue weighted by Crippen LogP contribution is 2.14. The number of aromatic nitrogens is 2. The molecule has 0 saturated carbocycles. The molecule has 1 heterocycles. The first-order valence-corrected chi connectivity index (χ1v) is 5.33. The summed E-state index contributed by atoms with van der Waals surface area (Å²) in [4.78, 5) is 15.8. The molecule has 0 fully saturated rings. The molecule has 94 valence electrons.